The Hall–Kier alpha value is -3.85. The summed E-state index contributed by atoms with van der Waals surface area (Å²) in [5.41, 5.74) is 2.36. The lowest BCUT2D eigenvalue weighted by molar-refractivity contribution is 0.0693. The summed E-state index contributed by atoms with van der Waals surface area (Å²) in [6, 6.07) is 34.5. The van der Waals surface area contributed by atoms with Crippen molar-refractivity contribution in [2.24, 2.45) is 0 Å². The average Bonchev–Trinajstić information content (AvgIpc) is 2.77. The first-order valence-corrected chi connectivity index (χ1v) is 9.38. The van der Waals surface area contributed by atoms with E-state index < -0.39 is 11.4 Å². The SMILES string of the molecule is O=C(O)c1cccc(C(c2ccccc2)(c2ccccc2)c2ccccc2)c1O. The van der Waals surface area contributed by atoms with Crippen LogP contribution < -0.4 is 0 Å². The zero-order valence-electron chi connectivity index (χ0n) is 15.7. The van der Waals surface area contributed by atoms with E-state index in [0.717, 1.165) is 16.7 Å². The van der Waals surface area contributed by atoms with E-state index in [9.17, 15) is 15.0 Å². The zero-order valence-corrected chi connectivity index (χ0v) is 15.7. The summed E-state index contributed by atoms with van der Waals surface area (Å²) < 4.78 is 0. The van der Waals surface area contributed by atoms with Crippen molar-refractivity contribution >= 4 is 5.97 Å². The summed E-state index contributed by atoms with van der Waals surface area (Å²) >= 11 is 0. The van der Waals surface area contributed by atoms with Gasteiger partial charge in [-0.2, -0.15) is 0 Å². The van der Waals surface area contributed by atoms with E-state index in [1.807, 2.05) is 91.0 Å². The van der Waals surface area contributed by atoms with Crippen LogP contribution in [0.1, 0.15) is 32.6 Å². The van der Waals surface area contributed by atoms with Crippen LogP contribution in [0.15, 0.2) is 109 Å². The van der Waals surface area contributed by atoms with Gasteiger partial charge in [0.2, 0.25) is 0 Å². The van der Waals surface area contributed by atoms with Crippen molar-refractivity contribution in [3.63, 3.8) is 0 Å². The van der Waals surface area contributed by atoms with Crippen LogP contribution in [0.25, 0.3) is 0 Å². The molecular weight excluding hydrogens is 360 g/mol. The van der Waals surface area contributed by atoms with Crippen molar-refractivity contribution < 1.29 is 15.0 Å². The number of aromatic hydroxyl groups is 1. The second-order valence-electron chi connectivity index (χ2n) is 6.85. The maximum Gasteiger partial charge on any atom is 0.339 e. The monoisotopic (exact) mass is 380 g/mol. The predicted molar refractivity (Wildman–Crippen MR) is 113 cm³/mol. The molecule has 0 saturated heterocycles. The first-order valence-electron chi connectivity index (χ1n) is 9.38. The molecule has 0 unspecified atom stereocenters. The highest BCUT2D eigenvalue weighted by molar-refractivity contribution is 5.92. The molecule has 0 heterocycles. The topological polar surface area (TPSA) is 57.5 Å². The highest BCUT2D eigenvalue weighted by Crippen LogP contribution is 2.48. The Kier molecular flexibility index (Phi) is 4.88. The molecule has 0 saturated carbocycles. The summed E-state index contributed by atoms with van der Waals surface area (Å²) in [5.74, 6) is -1.39. The fraction of sp³-hybridized carbons (Fsp3) is 0.0385. The molecule has 0 amide bonds. The molecule has 4 aromatic rings. The van der Waals surface area contributed by atoms with Gasteiger partial charge >= 0.3 is 5.97 Å². The molecule has 0 atom stereocenters. The molecule has 0 spiro atoms. The Bertz CT molecular complexity index is 1020. The molecular formula is C26H20O3. The second-order valence-corrected chi connectivity index (χ2v) is 6.85. The Morgan fingerprint density at radius 3 is 1.38 bits per heavy atom. The van der Waals surface area contributed by atoms with Crippen LogP contribution in [0.5, 0.6) is 5.75 Å². The van der Waals surface area contributed by atoms with E-state index >= 15 is 0 Å². The number of hydrogen-bond acceptors (Lipinski definition) is 2. The van der Waals surface area contributed by atoms with Gasteiger partial charge in [0, 0.05) is 5.56 Å². The van der Waals surface area contributed by atoms with Crippen LogP contribution in [-0.2, 0) is 5.41 Å². The van der Waals surface area contributed by atoms with Crippen molar-refractivity contribution in [3.05, 3.63) is 137 Å². The van der Waals surface area contributed by atoms with E-state index in [1.165, 1.54) is 6.07 Å². The number of rotatable bonds is 5. The minimum Gasteiger partial charge on any atom is -0.507 e. The maximum atomic E-state index is 11.8. The minimum atomic E-state index is -1.16. The molecule has 3 nitrogen and oxygen atoms in total. The molecule has 0 radical (unpaired) electrons. The highest BCUT2D eigenvalue weighted by Gasteiger charge is 2.40. The number of carboxylic acid groups (broad SMARTS) is 1. The average molecular weight is 380 g/mol. The van der Waals surface area contributed by atoms with Crippen LogP contribution in [-0.4, -0.2) is 16.2 Å². The van der Waals surface area contributed by atoms with E-state index in [1.54, 1.807) is 12.1 Å². The first-order chi connectivity index (χ1) is 14.2. The van der Waals surface area contributed by atoms with Crippen LogP contribution in [0.3, 0.4) is 0 Å². The van der Waals surface area contributed by atoms with E-state index in [0.29, 0.717) is 5.56 Å². The summed E-state index contributed by atoms with van der Waals surface area (Å²) in [5, 5.41) is 20.7. The number of phenols is 1. The van der Waals surface area contributed by atoms with E-state index in [4.69, 9.17) is 0 Å². The molecule has 142 valence electrons. The van der Waals surface area contributed by atoms with Gasteiger partial charge in [-0.25, -0.2) is 4.79 Å². The van der Waals surface area contributed by atoms with E-state index in [2.05, 4.69) is 0 Å². The van der Waals surface area contributed by atoms with Gasteiger partial charge in [-0.05, 0) is 22.8 Å². The number of aromatic carboxylic acids is 1. The van der Waals surface area contributed by atoms with Crippen LogP contribution in [0.2, 0.25) is 0 Å². The van der Waals surface area contributed by atoms with E-state index in [-0.39, 0.29) is 11.3 Å². The molecule has 0 aliphatic heterocycles. The fourth-order valence-electron chi connectivity index (χ4n) is 4.05. The molecule has 4 aromatic carbocycles. The smallest absolute Gasteiger partial charge is 0.339 e. The number of carbonyl (C=O) groups is 1. The van der Waals surface area contributed by atoms with Crippen molar-refractivity contribution in [1.82, 2.24) is 0 Å². The van der Waals surface area contributed by atoms with Gasteiger partial charge in [-0.3, -0.25) is 0 Å². The maximum absolute atomic E-state index is 11.8. The lowest BCUT2D eigenvalue weighted by Gasteiger charge is -2.37. The Labute approximate surface area is 169 Å². The molecule has 4 rings (SSSR count). The summed E-state index contributed by atoms with van der Waals surface area (Å²) in [6.45, 7) is 0. The Morgan fingerprint density at radius 1 is 0.586 bits per heavy atom. The summed E-state index contributed by atoms with van der Waals surface area (Å²) in [4.78, 5) is 11.8. The third-order valence-electron chi connectivity index (χ3n) is 5.29. The van der Waals surface area contributed by atoms with Crippen molar-refractivity contribution in [3.8, 4) is 5.75 Å². The van der Waals surface area contributed by atoms with Gasteiger partial charge < -0.3 is 10.2 Å². The van der Waals surface area contributed by atoms with Crippen LogP contribution in [0.4, 0.5) is 0 Å². The third-order valence-corrected chi connectivity index (χ3v) is 5.29. The largest absolute Gasteiger partial charge is 0.507 e. The Balaban J connectivity index is 2.19. The fourth-order valence-corrected chi connectivity index (χ4v) is 4.05. The third kappa shape index (κ3) is 3.07. The standard InChI is InChI=1S/C26H20O3/c27-24-22(25(28)29)17-10-18-23(24)26(19-11-4-1-5-12-19,20-13-6-2-7-14-20)21-15-8-3-9-16-21/h1-18,27H,(H,28,29). The van der Waals surface area contributed by atoms with Crippen LogP contribution in [0, 0.1) is 0 Å². The molecule has 29 heavy (non-hydrogen) atoms. The molecule has 0 aliphatic rings. The molecule has 2 N–H and O–H groups in total. The molecule has 0 aliphatic carbocycles. The van der Waals surface area contributed by atoms with Crippen molar-refractivity contribution in [2.45, 2.75) is 5.41 Å². The second kappa shape index (κ2) is 7.64. The van der Waals surface area contributed by atoms with Gasteiger partial charge in [-0.1, -0.05) is 103 Å². The Morgan fingerprint density at radius 2 is 1.00 bits per heavy atom. The zero-order chi connectivity index (χ0) is 20.3. The van der Waals surface area contributed by atoms with Gasteiger partial charge in [0.1, 0.15) is 11.3 Å². The minimum absolute atomic E-state index is 0.116. The van der Waals surface area contributed by atoms with Gasteiger partial charge in [0.15, 0.2) is 0 Å². The van der Waals surface area contributed by atoms with Gasteiger partial charge in [-0.15, -0.1) is 0 Å². The first kappa shape index (κ1) is 18.5. The number of para-hydroxylation sites is 1. The lowest BCUT2D eigenvalue weighted by Crippen LogP contribution is -2.31. The van der Waals surface area contributed by atoms with Gasteiger partial charge in [0.25, 0.3) is 0 Å². The number of benzene rings is 4. The number of carboxylic acids is 1. The molecule has 0 aromatic heterocycles. The van der Waals surface area contributed by atoms with Crippen molar-refractivity contribution in [1.29, 1.82) is 0 Å². The summed E-state index contributed by atoms with van der Waals surface area (Å²) in [7, 11) is 0. The van der Waals surface area contributed by atoms with Crippen molar-refractivity contribution in [2.75, 3.05) is 0 Å². The van der Waals surface area contributed by atoms with Crippen LogP contribution >= 0.6 is 0 Å². The quantitative estimate of drug-likeness (QED) is 0.451. The summed E-state index contributed by atoms with van der Waals surface area (Å²) in [6.07, 6.45) is 0. The molecule has 0 bridgehead atoms. The predicted octanol–water partition coefficient (Wildman–Crippen LogP) is 5.47. The number of hydrogen-bond donors (Lipinski definition) is 2. The highest BCUT2D eigenvalue weighted by atomic mass is 16.4. The molecule has 3 heteroatoms. The normalized spacial score (nSPS) is 11.2. The molecule has 0 fully saturated rings. The van der Waals surface area contributed by atoms with Gasteiger partial charge in [0.05, 0.1) is 5.41 Å². The lowest BCUT2D eigenvalue weighted by atomic mass is 9.64.